The van der Waals surface area contributed by atoms with Crippen molar-refractivity contribution in [3.63, 3.8) is 0 Å². The molecule has 9 nitrogen and oxygen atoms in total. The van der Waals surface area contributed by atoms with E-state index in [1.807, 2.05) is 30.3 Å². The maximum Gasteiger partial charge on any atom is 0.244 e. The van der Waals surface area contributed by atoms with Crippen molar-refractivity contribution in [1.82, 2.24) is 15.3 Å². The van der Waals surface area contributed by atoms with E-state index in [0.29, 0.717) is 22.7 Å². The van der Waals surface area contributed by atoms with Gasteiger partial charge in [0.25, 0.3) is 0 Å². The first-order valence-electron chi connectivity index (χ1n) is 11.3. The Balaban J connectivity index is 1.47. The second-order valence-corrected chi connectivity index (χ2v) is 8.40. The predicted octanol–water partition coefficient (Wildman–Crippen LogP) is 4.54. The van der Waals surface area contributed by atoms with Crippen molar-refractivity contribution in [2.24, 2.45) is 0 Å². The molecule has 5 rings (SSSR count). The second kappa shape index (κ2) is 9.46. The van der Waals surface area contributed by atoms with E-state index in [-0.39, 0.29) is 12.3 Å². The van der Waals surface area contributed by atoms with E-state index in [0.717, 1.165) is 27.4 Å². The second-order valence-electron chi connectivity index (χ2n) is 8.40. The van der Waals surface area contributed by atoms with E-state index in [1.165, 1.54) is 31.4 Å². The van der Waals surface area contributed by atoms with Gasteiger partial charge in [0, 0.05) is 27.9 Å². The van der Waals surface area contributed by atoms with Gasteiger partial charge < -0.3 is 35.5 Å². The van der Waals surface area contributed by atoms with Crippen LogP contribution in [0.25, 0.3) is 39.1 Å². The zero-order valence-corrected chi connectivity index (χ0v) is 19.7. The number of H-pyrrole nitrogens is 1. The summed E-state index contributed by atoms with van der Waals surface area (Å²) in [4.78, 5) is 20.7. The average molecular weight is 498 g/mol. The molecule has 0 aliphatic heterocycles. The van der Waals surface area contributed by atoms with Crippen LogP contribution >= 0.6 is 0 Å². The third kappa shape index (κ3) is 4.57. The molecule has 3 aromatic carbocycles. The number of phenolic OH excluding ortho intramolecular Hbond substituents is 4. The molecule has 0 radical (unpaired) electrons. The number of aromatic amines is 1. The summed E-state index contributed by atoms with van der Waals surface area (Å²) in [6.07, 6.45) is 2.65. The molecule has 186 valence electrons. The van der Waals surface area contributed by atoms with Gasteiger partial charge in [0.1, 0.15) is 0 Å². The fourth-order valence-corrected chi connectivity index (χ4v) is 4.15. The Morgan fingerprint density at radius 2 is 1.73 bits per heavy atom. The monoisotopic (exact) mass is 497 g/mol. The van der Waals surface area contributed by atoms with Gasteiger partial charge in [-0.2, -0.15) is 0 Å². The Hall–Kier alpha value is -5.18. The molecule has 0 aliphatic rings. The number of carbonyl (C=O) groups excluding carboxylic acids is 1. The van der Waals surface area contributed by atoms with Crippen LogP contribution in [0.15, 0.2) is 66.7 Å². The highest BCUT2D eigenvalue weighted by molar-refractivity contribution is 6.11. The number of pyridine rings is 1. The minimum Gasteiger partial charge on any atom is -0.504 e. The van der Waals surface area contributed by atoms with Crippen LogP contribution < -0.4 is 10.1 Å². The Kier molecular flexibility index (Phi) is 6.02. The summed E-state index contributed by atoms with van der Waals surface area (Å²) in [6, 6.07) is 17.2. The zero-order chi connectivity index (χ0) is 26.1. The summed E-state index contributed by atoms with van der Waals surface area (Å²) >= 11 is 0. The van der Waals surface area contributed by atoms with Crippen molar-refractivity contribution in [3.05, 3.63) is 78.0 Å². The van der Waals surface area contributed by atoms with Crippen LogP contribution in [-0.4, -0.2) is 43.4 Å². The summed E-state index contributed by atoms with van der Waals surface area (Å²) in [6.45, 7) is 0.132. The molecular weight excluding hydrogens is 474 g/mol. The van der Waals surface area contributed by atoms with E-state index in [4.69, 9.17) is 9.72 Å². The molecule has 0 spiro atoms. The van der Waals surface area contributed by atoms with Crippen molar-refractivity contribution >= 4 is 33.8 Å². The van der Waals surface area contributed by atoms with Gasteiger partial charge in [-0.15, -0.1) is 0 Å². The van der Waals surface area contributed by atoms with Gasteiger partial charge in [0.2, 0.25) is 5.91 Å². The number of ether oxygens (including phenoxy) is 1. The number of para-hydroxylation sites is 1. The van der Waals surface area contributed by atoms with Gasteiger partial charge in [-0.05, 0) is 54.1 Å². The topological polar surface area (TPSA) is 148 Å². The summed E-state index contributed by atoms with van der Waals surface area (Å²) in [5.41, 5.74) is 4.07. The Morgan fingerprint density at radius 3 is 2.49 bits per heavy atom. The fraction of sp³-hybridized carbons (Fsp3) is 0.0714. The van der Waals surface area contributed by atoms with Crippen molar-refractivity contribution in [2.45, 2.75) is 6.54 Å². The molecule has 1 amide bonds. The number of aromatic nitrogens is 2. The summed E-state index contributed by atoms with van der Waals surface area (Å²) in [7, 11) is 1.48. The smallest absolute Gasteiger partial charge is 0.244 e. The fourth-order valence-electron chi connectivity index (χ4n) is 4.15. The lowest BCUT2D eigenvalue weighted by atomic mass is 10.1. The highest BCUT2D eigenvalue weighted by atomic mass is 16.5. The highest BCUT2D eigenvalue weighted by Crippen LogP contribution is 2.37. The molecule has 6 N–H and O–H groups in total. The van der Waals surface area contributed by atoms with Crippen LogP contribution in [0.3, 0.4) is 0 Å². The molecule has 9 heteroatoms. The van der Waals surface area contributed by atoms with Gasteiger partial charge in [-0.1, -0.05) is 18.2 Å². The van der Waals surface area contributed by atoms with E-state index in [9.17, 15) is 25.2 Å². The first-order valence-corrected chi connectivity index (χ1v) is 11.3. The number of carbonyl (C=O) groups is 1. The van der Waals surface area contributed by atoms with Crippen molar-refractivity contribution in [2.75, 3.05) is 7.11 Å². The number of rotatable bonds is 6. The van der Waals surface area contributed by atoms with Crippen LogP contribution in [0, 0.1) is 0 Å². The number of hydrogen-bond acceptors (Lipinski definition) is 7. The lowest BCUT2D eigenvalue weighted by Crippen LogP contribution is -2.21. The van der Waals surface area contributed by atoms with Crippen LogP contribution in [0.1, 0.15) is 11.3 Å². The zero-order valence-electron chi connectivity index (χ0n) is 19.7. The SMILES string of the molecule is COc1cc(-c2nc(CNC(=O)/C=C/c3cc(O)c(O)c(O)c3)cc3c2[nH]c2ccccc23)ccc1O. The van der Waals surface area contributed by atoms with Gasteiger partial charge in [-0.3, -0.25) is 4.79 Å². The summed E-state index contributed by atoms with van der Waals surface area (Å²) in [5.74, 6) is -1.68. The standard InChI is InChI=1S/C28H23N3O6/c1-37-24-12-16(7-8-21(24)32)26-27-19(18-4-2-3-5-20(18)31-27)13-17(30-26)14-29-25(35)9-6-15-10-22(33)28(36)23(34)11-15/h2-13,31-34,36H,14H2,1H3,(H,29,35)/b9-6+. The molecule has 2 heterocycles. The third-order valence-electron chi connectivity index (χ3n) is 5.97. The first-order chi connectivity index (χ1) is 17.8. The molecule has 2 aromatic heterocycles. The molecule has 0 aliphatic carbocycles. The predicted molar refractivity (Wildman–Crippen MR) is 140 cm³/mol. The quantitative estimate of drug-likeness (QED) is 0.149. The van der Waals surface area contributed by atoms with E-state index in [1.54, 1.807) is 18.2 Å². The van der Waals surface area contributed by atoms with E-state index in [2.05, 4.69) is 10.3 Å². The minimum atomic E-state index is -0.623. The molecule has 0 saturated heterocycles. The molecular formula is C28H23N3O6. The van der Waals surface area contributed by atoms with Crippen LogP contribution in [0.4, 0.5) is 0 Å². The molecule has 0 atom stereocenters. The number of aromatic hydroxyl groups is 4. The van der Waals surface area contributed by atoms with Crippen molar-refractivity contribution in [3.8, 4) is 40.0 Å². The highest BCUT2D eigenvalue weighted by Gasteiger charge is 2.15. The number of nitrogens with one attached hydrogen (secondary N) is 2. The minimum absolute atomic E-state index is 0.0182. The van der Waals surface area contributed by atoms with Crippen molar-refractivity contribution in [1.29, 1.82) is 0 Å². The molecule has 0 unspecified atom stereocenters. The maximum absolute atomic E-state index is 12.5. The Labute approximate surface area is 210 Å². The largest absolute Gasteiger partial charge is 0.504 e. The van der Waals surface area contributed by atoms with Crippen molar-refractivity contribution < 1.29 is 30.0 Å². The van der Waals surface area contributed by atoms with Gasteiger partial charge >= 0.3 is 0 Å². The first kappa shape index (κ1) is 23.6. The van der Waals surface area contributed by atoms with Gasteiger partial charge in [-0.25, -0.2) is 4.98 Å². The van der Waals surface area contributed by atoms with Crippen LogP contribution in [-0.2, 0) is 11.3 Å². The molecule has 5 aromatic rings. The summed E-state index contributed by atoms with van der Waals surface area (Å²) < 4.78 is 5.27. The van der Waals surface area contributed by atoms with Gasteiger partial charge in [0.15, 0.2) is 28.7 Å². The number of phenols is 4. The van der Waals surface area contributed by atoms with Gasteiger partial charge in [0.05, 0.1) is 30.6 Å². The lowest BCUT2D eigenvalue weighted by Gasteiger charge is -2.10. The molecule has 0 fully saturated rings. The Bertz CT molecular complexity index is 1670. The average Bonchev–Trinajstić information content (AvgIpc) is 3.28. The maximum atomic E-state index is 12.5. The van der Waals surface area contributed by atoms with E-state index < -0.39 is 23.2 Å². The number of nitrogens with zero attached hydrogens (tertiary/aromatic N) is 1. The Morgan fingerprint density at radius 1 is 0.973 bits per heavy atom. The van der Waals surface area contributed by atoms with E-state index >= 15 is 0 Å². The van der Waals surface area contributed by atoms with Crippen LogP contribution in [0.5, 0.6) is 28.7 Å². The number of fused-ring (bicyclic) bond motifs is 3. The molecule has 37 heavy (non-hydrogen) atoms. The normalized spacial score (nSPS) is 11.4. The summed E-state index contributed by atoms with van der Waals surface area (Å²) in [5, 5.41) is 43.5. The van der Waals surface area contributed by atoms with Crippen LogP contribution in [0.2, 0.25) is 0 Å². The number of amides is 1. The number of benzene rings is 3. The lowest BCUT2D eigenvalue weighted by molar-refractivity contribution is -0.116. The molecule has 0 saturated carbocycles. The number of hydrogen-bond donors (Lipinski definition) is 6. The third-order valence-corrected chi connectivity index (χ3v) is 5.97. The number of methoxy groups -OCH3 is 1. The molecule has 0 bridgehead atoms.